The number of anilines is 1. The average Bonchev–Trinajstić information content (AvgIpc) is 3.39. The number of fused-ring (bicyclic) bond motifs is 1. The maximum Gasteiger partial charge on any atom is 0.257 e. The van der Waals surface area contributed by atoms with Gasteiger partial charge in [0.1, 0.15) is 35.3 Å². The van der Waals surface area contributed by atoms with Gasteiger partial charge in [0.15, 0.2) is 5.82 Å². The second-order valence-electron chi connectivity index (χ2n) is 8.73. The molecular weight excluding hydrogens is 471 g/mol. The summed E-state index contributed by atoms with van der Waals surface area (Å²) >= 11 is 0. The zero-order valence-corrected chi connectivity index (χ0v) is 20.3. The van der Waals surface area contributed by atoms with Crippen molar-refractivity contribution in [1.82, 2.24) is 24.8 Å². The number of carbonyl (C=O) groups is 2. The van der Waals surface area contributed by atoms with E-state index in [-0.39, 0.29) is 35.9 Å². The van der Waals surface area contributed by atoms with Crippen LogP contribution in [0.15, 0.2) is 34.9 Å². The van der Waals surface area contributed by atoms with E-state index in [1.54, 1.807) is 6.92 Å². The van der Waals surface area contributed by atoms with Gasteiger partial charge in [-0.3, -0.25) is 9.59 Å². The van der Waals surface area contributed by atoms with E-state index >= 15 is 0 Å². The van der Waals surface area contributed by atoms with Gasteiger partial charge in [0, 0.05) is 6.54 Å². The van der Waals surface area contributed by atoms with Gasteiger partial charge in [-0.05, 0) is 45.2 Å². The summed E-state index contributed by atoms with van der Waals surface area (Å²) in [5.41, 5.74) is 5.56. The van der Waals surface area contributed by atoms with Crippen LogP contribution >= 0.6 is 0 Å². The fourth-order valence-electron chi connectivity index (χ4n) is 3.94. The molecule has 3 rings (SSSR count). The standard InChI is InChI=1S/C23H27FN8O4/c1-12(18-13(8-25)7-17-19(26)28-11-29-32(17)18)6-14(21(27-4)36-5)20(33)30-16-10-31(9-15(16)24)22(34)23(2,3)35/h6-7,11,15-16,35H,4,9-10H2,1-3,5H3,(H,30,33)(H2,26,28,29)/b12-6+,21-14-/t15-,16+/m0/s1. The number of aromatic nitrogens is 3. The average molecular weight is 499 g/mol. The molecule has 0 spiro atoms. The van der Waals surface area contributed by atoms with E-state index in [2.05, 4.69) is 33.2 Å². The zero-order chi connectivity index (χ0) is 26.8. The highest BCUT2D eigenvalue weighted by atomic mass is 19.1. The molecule has 1 aliphatic rings. The Hall–Kier alpha value is -4.31. The van der Waals surface area contributed by atoms with Crippen molar-refractivity contribution in [2.45, 2.75) is 38.6 Å². The van der Waals surface area contributed by atoms with Crippen LogP contribution in [0.5, 0.6) is 0 Å². The van der Waals surface area contributed by atoms with E-state index < -0.39 is 29.6 Å². The number of likely N-dealkylation sites (tertiary alicyclic amines) is 1. The lowest BCUT2D eigenvalue weighted by molar-refractivity contribution is -0.147. The third kappa shape index (κ3) is 5.03. The second kappa shape index (κ2) is 10.1. The number of nitrogen functional groups attached to an aromatic ring is 1. The first-order chi connectivity index (χ1) is 16.9. The Morgan fingerprint density at radius 2 is 2.17 bits per heavy atom. The summed E-state index contributed by atoms with van der Waals surface area (Å²) in [7, 11) is 1.29. The Morgan fingerprint density at radius 3 is 2.75 bits per heavy atom. The molecular formula is C23H27FN8O4. The summed E-state index contributed by atoms with van der Waals surface area (Å²) in [4.78, 5) is 34.4. The fraction of sp³-hybridized carbons (Fsp3) is 0.391. The lowest BCUT2D eigenvalue weighted by Gasteiger charge is -2.24. The molecule has 0 radical (unpaired) electrons. The zero-order valence-electron chi connectivity index (χ0n) is 20.3. The Labute approximate surface area is 206 Å². The van der Waals surface area contributed by atoms with Crippen molar-refractivity contribution in [2.75, 3.05) is 25.9 Å². The first-order valence-corrected chi connectivity index (χ1v) is 10.9. The van der Waals surface area contributed by atoms with E-state index in [1.165, 1.54) is 43.9 Å². The summed E-state index contributed by atoms with van der Waals surface area (Å²) in [6, 6.07) is 2.56. The summed E-state index contributed by atoms with van der Waals surface area (Å²) in [6.07, 6.45) is 1.08. The number of alkyl halides is 1. The minimum atomic E-state index is -1.68. The number of carbonyl (C=O) groups excluding carboxylic acids is 2. The van der Waals surface area contributed by atoms with Gasteiger partial charge in [-0.2, -0.15) is 10.4 Å². The molecule has 3 heterocycles. The normalized spacial score (nSPS) is 19.0. The van der Waals surface area contributed by atoms with Gasteiger partial charge >= 0.3 is 0 Å². The summed E-state index contributed by atoms with van der Waals surface area (Å²) in [5, 5.41) is 26.3. The molecule has 2 atom stereocenters. The van der Waals surface area contributed by atoms with Gasteiger partial charge < -0.3 is 25.8 Å². The van der Waals surface area contributed by atoms with Crippen molar-refractivity contribution in [3.05, 3.63) is 41.2 Å². The lowest BCUT2D eigenvalue weighted by atomic mass is 10.1. The van der Waals surface area contributed by atoms with Crippen LogP contribution in [0.1, 0.15) is 32.0 Å². The molecule has 2 aromatic rings. The van der Waals surface area contributed by atoms with Gasteiger partial charge in [-0.15, -0.1) is 0 Å². The third-order valence-corrected chi connectivity index (χ3v) is 5.64. The number of aliphatic hydroxyl groups is 1. The predicted molar refractivity (Wildman–Crippen MR) is 129 cm³/mol. The number of nitrogens with zero attached hydrogens (tertiary/aromatic N) is 6. The van der Waals surface area contributed by atoms with Gasteiger partial charge in [0.25, 0.3) is 11.8 Å². The SMILES string of the molecule is C=N/C(OC)=C(\C=C(/C)c1c(C#N)cc2c(N)ncnn12)C(=O)N[C@@H]1CN(C(=O)C(C)(C)O)C[C@@H]1F. The number of hydrogen-bond acceptors (Lipinski definition) is 9. The topological polar surface area (TPSA) is 171 Å². The van der Waals surface area contributed by atoms with Crippen LogP contribution in [-0.4, -0.2) is 81.2 Å². The van der Waals surface area contributed by atoms with Crippen molar-refractivity contribution in [3.63, 3.8) is 0 Å². The number of hydrogen-bond donors (Lipinski definition) is 3. The monoisotopic (exact) mass is 498 g/mol. The highest BCUT2D eigenvalue weighted by molar-refractivity contribution is 5.99. The van der Waals surface area contributed by atoms with Crippen molar-refractivity contribution < 1.29 is 23.8 Å². The van der Waals surface area contributed by atoms with Crippen LogP contribution < -0.4 is 11.1 Å². The molecule has 190 valence electrons. The first kappa shape index (κ1) is 26.3. The van der Waals surface area contributed by atoms with Gasteiger partial charge in [-0.25, -0.2) is 18.9 Å². The molecule has 4 N–H and O–H groups in total. The van der Waals surface area contributed by atoms with Gasteiger partial charge in [0.05, 0.1) is 31.0 Å². The van der Waals surface area contributed by atoms with Crippen molar-refractivity contribution in [3.8, 4) is 6.07 Å². The van der Waals surface area contributed by atoms with Gasteiger partial charge in [-0.1, -0.05) is 0 Å². The van der Waals surface area contributed by atoms with E-state index in [0.717, 1.165) is 4.90 Å². The minimum absolute atomic E-state index is 0.0923. The summed E-state index contributed by atoms with van der Waals surface area (Å²) < 4.78 is 21.3. The molecule has 0 unspecified atom stereocenters. The fourth-order valence-corrected chi connectivity index (χ4v) is 3.94. The number of methoxy groups -OCH3 is 1. The van der Waals surface area contributed by atoms with E-state index in [9.17, 15) is 24.3 Å². The van der Waals surface area contributed by atoms with Crippen LogP contribution in [0.3, 0.4) is 0 Å². The smallest absolute Gasteiger partial charge is 0.257 e. The molecule has 1 saturated heterocycles. The minimum Gasteiger partial charge on any atom is -0.480 e. The number of amides is 2. The molecule has 36 heavy (non-hydrogen) atoms. The van der Waals surface area contributed by atoms with Crippen molar-refractivity contribution in [1.29, 1.82) is 5.26 Å². The molecule has 12 nitrogen and oxygen atoms in total. The molecule has 2 aromatic heterocycles. The largest absolute Gasteiger partial charge is 0.480 e. The highest BCUT2D eigenvalue weighted by Gasteiger charge is 2.41. The van der Waals surface area contributed by atoms with Crippen molar-refractivity contribution >= 4 is 35.4 Å². The summed E-state index contributed by atoms with van der Waals surface area (Å²) in [6.45, 7) is 7.27. The highest BCUT2D eigenvalue weighted by Crippen LogP contribution is 2.27. The van der Waals surface area contributed by atoms with Crippen LogP contribution in [0.2, 0.25) is 0 Å². The third-order valence-electron chi connectivity index (χ3n) is 5.64. The maximum atomic E-state index is 14.7. The molecule has 0 aromatic carbocycles. The Morgan fingerprint density at radius 1 is 1.47 bits per heavy atom. The molecule has 0 saturated carbocycles. The first-order valence-electron chi connectivity index (χ1n) is 10.9. The predicted octanol–water partition coefficient (Wildman–Crippen LogP) is 0.581. The summed E-state index contributed by atoms with van der Waals surface area (Å²) in [5.74, 6) is -1.36. The van der Waals surface area contributed by atoms with E-state index in [1.807, 2.05) is 0 Å². The second-order valence-corrected chi connectivity index (χ2v) is 8.73. The molecule has 13 heteroatoms. The van der Waals surface area contributed by atoms with Crippen LogP contribution in [0, 0.1) is 11.3 Å². The molecule has 2 amide bonds. The quantitative estimate of drug-likeness (QED) is 0.215. The molecule has 0 aliphatic carbocycles. The Balaban J connectivity index is 1.97. The maximum absolute atomic E-state index is 14.7. The number of aliphatic imine (C=N–C) groups is 1. The number of ether oxygens (including phenoxy) is 1. The van der Waals surface area contributed by atoms with Crippen LogP contribution in [0.25, 0.3) is 11.1 Å². The van der Waals surface area contributed by atoms with Crippen LogP contribution in [-0.2, 0) is 14.3 Å². The number of rotatable bonds is 7. The number of halogens is 1. The Kier molecular flexibility index (Phi) is 7.40. The van der Waals surface area contributed by atoms with Crippen molar-refractivity contribution in [2.24, 2.45) is 4.99 Å². The number of nitrogens with two attached hydrogens (primary N) is 1. The number of nitrogens with one attached hydrogen (secondary N) is 1. The lowest BCUT2D eigenvalue weighted by Crippen LogP contribution is -2.46. The molecule has 1 aliphatic heterocycles. The molecule has 0 bridgehead atoms. The van der Waals surface area contributed by atoms with Crippen LogP contribution in [0.4, 0.5) is 10.2 Å². The van der Waals surface area contributed by atoms with E-state index in [0.29, 0.717) is 16.8 Å². The Bertz CT molecular complexity index is 1320. The van der Waals surface area contributed by atoms with E-state index in [4.69, 9.17) is 10.5 Å². The van der Waals surface area contributed by atoms with Gasteiger partial charge in [0.2, 0.25) is 5.88 Å². The molecule has 1 fully saturated rings. The number of nitriles is 1. The number of allylic oxidation sites excluding steroid dienone is 1.